The van der Waals surface area contributed by atoms with Gasteiger partial charge in [-0.2, -0.15) is 0 Å². The van der Waals surface area contributed by atoms with Crippen LogP contribution in [0.15, 0.2) is 0 Å². The van der Waals surface area contributed by atoms with Gasteiger partial charge in [-0.05, 0) is 50.4 Å². The predicted molar refractivity (Wildman–Crippen MR) is 85.5 cm³/mol. The Balaban J connectivity index is 2.50. The topological polar surface area (TPSA) is 29.1 Å². The lowest BCUT2D eigenvalue weighted by Gasteiger charge is -2.37. The summed E-state index contributed by atoms with van der Waals surface area (Å²) in [5, 5.41) is 4.05. The Morgan fingerprint density at radius 1 is 1.16 bits per heavy atom. The fraction of sp³-hybridized carbons (Fsp3) is 0.938. The SMILES string of the molecule is CCC(C)(CBr)NC(=O)C1CCC(C(C)(C)C)CC1. The van der Waals surface area contributed by atoms with Gasteiger partial charge in [0.05, 0.1) is 0 Å². The van der Waals surface area contributed by atoms with E-state index >= 15 is 0 Å². The molecule has 0 spiro atoms. The van der Waals surface area contributed by atoms with Gasteiger partial charge in [-0.1, -0.05) is 43.6 Å². The molecule has 0 aromatic carbocycles. The molecule has 0 aliphatic heterocycles. The number of carbonyl (C=O) groups is 1. The Morgan fingerprint density at radius 3 is 2.05 bits per heavy atom. The molecule has 1 unspecified atom stereocenters. The number of alkyl halides is 1. The molecule has 1 amide bonds. The van der Waals surface area contributed by atoms with Gasteiger partial charge >= 0.3 is 0 Å². The summed E-state index contributed by atoms with van der Waals surface area (Å²) in [6, 6.07) is 0. The summed E-state index contributed by atoms with van der Waals surface area (Å²) in [6.45, 7) is 11.2. The van der Waals surface area contributed by atoms with E-state index in [2.05, 4.69) is 55.9 Å². The Labute approximate surface area is 127 Å². The molecule has 19 heavy (non-hydrogen) atoms. The molecule has 1 N–H and O–H groups in total. The molecule has 3 heteroatoms. The lowest BCUT2D eigenvalue weighted by Crippen LogP contribution is -2.49. The van der Waals surface area contributed by atoms with Crippen LogP contribution < -0.4 is 5.32 Å². The number of hydrogen-bond acceptors (Lipinski definition) is 1. The Kier molecular flexibility index (Phi) is 5.91. The monoisotopic (exact) mass is 331 g/mol. The second-order valence-corrected chi connectivity index (χ2v) is 8.01. The third-order valence-corrected chi connectivity index (χ3v) is 6.06. The second kappa shape index (κ2) is 6.60. The van der Waals surface area contributed by atoms with Crippen molar-refractivity contribution in [1.29, 1.82) is 0 Å². The van der Waals surface area contributed by atoms with Crippen LogP contribution in [0, 0.1) is 17.3 Å². The van der Waals surface area contributed by atoms with E-state index in [9.17, 15) is 4.79 Å². The zero-order chi connectivity index (χ0) is 14.7. The zero-order valence-corrected chi connectivity index (χ0v) is 14.8. The van der Waals surface area contributed by atoms with E-state index in [1.54, 1.807) is 0 Å². The normalized spacial score (nSPS) is 27.7. The van der Waals surface area contributed by atoms with Crippen molar-refractivity contribution in [3.63, 3.8) is 0 Å². The molecule has 1 saturated carbocycles. The van der Waals surface area contributed by atoms with Gasteiger partial charge in [-0.25, -0.2) is 0 Å². The summed E-state index contributed by atoms with van der Waals surface area (Å²) in [5.74, 6) is 1.25. The van der Waals surface area contributed by atoms with Gasteiger partial charge in [0.1, 0.15) is 0 Å². The Morgan fingerprint density at radius 2 is 1.68 bits per heavy atom. The second-order valence-electron chi connectivity index (χ2n) is 7.45. The number of carbonyl (C=O) groups excluding carboxylic acids is 1. The van der Waals surface area contributed by atoms with Crippen molar-refractivity contribution in [1.82, 2.24) is 5.32 Å². The first kappa shape index (κ1) is 17.0. The quantitative estimate of drug-likeness (QED) is 0.754. The molecule has 2 nitrogen and oxygen atoms in total. The van der Waals surface area contributed by atoms with Gasteiger partial charge in [0.15, 0.2) is 0 Å². The van der Waals surface area contributed by atoms with Crippen LogP contribution in [0.3, 0.4) is 0 Å². The summed E-state index contributed by atoms with van der Waals surface area (Å²) in [4.78, 5) is 12.4. The standard InChI is InChI=1S/C16H30BrNO/c1-6-16(5,11-17)18-14(19)12-7-9-13(10-8-12)15(2,3)4/h12-13H,6-11H2,1-5H3,(H,18,19). The van der Waals surface area contributed by atoms with Crippen LogP contribution in [-0.4, -0.2) is 16.8 Å². The minimum Gasteiger partial charge on any atom is -0.350 e. The molecule has 0 bridgehead atoms. The maximum absolute atomic E-state index is 12.4. The van der Waals surface area contributed by atoms with Crippen molar-refractivity contribution >= 4 is 21.8 Å². The fourth-order valence-electron chi connectivity index (χ4n) is 2.84. The van der Waals surface area contributed by atoms with E-state index in [0.717, 1.165) is 30.5 Å². The summed E-state index contributed by atoms with van der Waals surface area (Å²) in [5.41, 5.74) is 0.285. The highest BCUT2D eigenvalue weighted by Gasteiger charge is 2.34. The van der Waals surface area contributed by atoms with Gasteiger partial charge in [-0.15, -0.1) is 0 Å². The van der Waals surface area contributed by atoms with Crippen LogP contribution in [0.4, 0.5) is 0 Å². The minimum atomic E-state index is -0.0992. The average molecular weight is 332 g/mol. The fourth-order valence-corrected chi connectivity index (χ4v) is 3.37. The zero-order valence-electron chi connectivity index (χ0n) is 13.2. The van der Waals surface area contributed by atoms with E-state index < -0.39 is 0 Å². The van der Waals surface area contributed by atoms with Gasteiger partial charge in [-0.3, -0.25) is 4.79 Å². The van der Waals surface area contributed by atoms with E-state index in [1.807, 2.05) is 0 Å². The molecule has 1 rings (SSSR count). The molecule has 1 aliphatic rings. The highest BCUT2D eigenvalue weighted by Crippen LogP contribution is 2.39. The van der Waals surface area contributed by atoms with E-state index in [1.165, 1.54) is 12.8 Å². The van der Waals surface area contributed by atoms with Gasteiger partial charge in [0.25, 0.3) is 0 Å². The number of hydrogen-bond donors (Lipinski definition) is 1. The van der Waals surface area contributed by atoms with E-state index in [0.29, 0.717) is 5.41 Å². The molecule has 0 saturated heterocycles. The lowest BCUT2D eigenvalue weighted by atomic mass is 9.69. The molecule has 1 fully saturated rings. The number of rotatable bonds is 4. The predicted octanol–water partition coefficient (Wildman–Crippen LogP) is 4.52. The molecule has 112 valence electrons. The van der Waals surface area contributed by atoms with Crippen molar-refractivity contribution < 1.29 is 4.79 Å². The molecule has 0 aromatic rings. The van der Waals surface area contributed by atoms with Crippen molar-refractivity contribution in [2.45, 2.75) is 72.3 Å². The van der Waals surface area contributed by atoms with Crippen molar-refractivity contribution in [2.24, 2.45) is 17.3 Å². The van der Waals surface area contributed by atoms with Gasteiger partial charge in [0.2, 0.25) is 5.91 Å². The number of halogens is 1. The number of nitrogens with one attached hydrogen (secondary N) is 1. The first-order chi connectivity index (χ1) is 8.72. The minimum absolute atomic E-state index is 0.0992. The summed E-state index contributed by atoms with van der Waals surface area (Å²) in [7, 11) is 0. The summed E-state index contributed by atoms with van der Waals surface area (Å²) >= 11 is 3.51. The number of amides is 1. The average Bonchev–Trinajstić information content (AvgIpc) is 2.37. The van der Waals surface area contributed by atoms with Crippen LogP contribution in [-0.2, 0) is 4.79 Å². The highest BCUT2D eigenvalue weighted by atomic mass is 79.9. The molecular formula is C16H30BrNO. The van der Waals surface area contributed by atoms with Crippen LogP contribution in [0.25, 0.3) is 0 Å². The Hall–Kier alpha value is -0.0500. The van der Waals surface area contributed by atoms with Crippen molar-refractivity contribution in [3.05, 3.63) is 0 Å². The molecule has 0 heterocycles. The smallest absolute Gasteiger partial charge is 0.223 e. The molecular weight excluding hydrogens is 302 g/mol. The molecule has 1 aliphatic carbocycles. The van der Waals surface area contributed by atoms with E-state index in [-0.39, 0.29) is 17.4 Å². The van der Waals surface area contributed by atoms with Crippen LogP contribution in [0.1, 0.15) is 66.7 Å². The van der Waals surface area contributed by atoms with E-state index in [4.69, 9.17) is 0 Å². The lowest BCUT2D eigenvalue weighted by molar-refractivity contribution is -0.128. The molecule has 1 atom stereocenters. The molecule has 0 aromatic heterocycles. The molecule has 0 radical (unpaired) electrons. The third-order valence-electron chi connectivity index (χ3n) is 4.82. The van der Waals surface area contributed by atoms with Crippen molar-refractivity contribution in [3.8, 4) is 0 Å². The van der Waals surface area contributed by atoms with Gasteiger partial charge < -0.3 is 5.32 Å². The maximum atomic E-state index is 12.4. The highest BCUT2D eigenvalue weighted by molar-refractivity contribution is 9.09. The maximum Gasteiger partial charge on any atom is 0.223 e. The van der Waals surface area contributed by atoms with Crippen LogP contribution in [0.2, 0.25) is 0 Å². The summed E-state index contributed by atoms with van der Waals surface area (Å²) in [6.07, 6.45) is 5.45. The Bertz CT molecular complexity index is 296. The largest absolute Gasteiger partial charge is 0.350 e. The van der Waals surface area contributed by atoms with Crippen LogP contribution >= 0.6 is 15.9 Å². The van der Waals surface area contributed by atoms with Gasteiger partial charge in [0, 0.05) is 16.8 Å². The first-order valence-corrected chi connectivity index (χ1v) is 8.72. The summed E-state index contributed by atoms with van der Waals surface area (Å²) < 4.78 is 0. The third kappa shape index (κ3) is 4.77. The first-order valence-electron chi connectivity index (χ1n) is 7.60. The van der Waals surface area contributed by atoms with Crippen molar-refractivity contribution in [2.75, 3.05) is 5.33 Å². The van der Waals surface area contributed by atoms with Crippen LogP contribution in [0.5, 0.6) is 0 Å².